The number of hydrogen-bond donors (Lipinski definition) is 0. The lowest BCUT2D eigenvalue weighted by molar-refractivity contribution is -0.142. The third kappa shape index (κ3) is 7.33. The summed E-state index contributed by atoms with van der Waals surface area (Å²) in [5.74, 6) is -0.692. The number of hydrogen-bond acceptors (Lipinski definition) is 6. The number of nitrogens with zero attached hydrogens (tertiary/aromatic N) is 2. The van der Waals surface area contributed by atoms with E-state index in [1.807, 2.05) is 24.3 Å². The van der Waals surface area contributed by atoms with Gasteiger partial charge in [0.2, 0.25) is 0 Å². The Morgan fingerprint density at radius 2 is 1.23 bits per heavy atom. The second kappa shape index (κ2) is 10.3. The summed E-state index contributed by atoms with van der Waals surface area (Å²) in [5.41, 5.74) is 1.73. The number of aliphatic imine (C=N–C) groups is 2. The van der Waals surface area contributed by atoms with Crippen molar-refractivity contribution in [2.24, 2.45) is 9.98 Å². The summed E-state index contributed by atoms with van der Waals surface area (Å²) in [4.78, 5) is 30.2. The molecule has 118 valence electrons. The van der Waals surface area contributed by atoms with Gasteiger partial charge < -0.3 is 9.47 Å². The number of carbonyl (C=O) groups is 2. The van der Waals surface area contributed by atoms with Gasteiger partial charge in [0.1, 0.15) is 13.1 Å². The topological polar surface area (TPSA) is 77.3 Å². The van der Waals surface area contributed by atoms with Crippen LogP contribution in [0.3, 0.4) is 0 Å². The average molecular weight is 304 g/mol. The molecule has 0 spiro atoms. The maximum Gasteiger partial charge on any atom is 0.327 e. The highest BCUT2D eigenvalue weighted by atomic mass is 16.5. The van der Waals surface area contributed by atoms with Crippen LogP contribution in [-0.4, -0.2) is 50.7 Å². The van der Waals surface area contributed by atoms with E-state index in [4.69, 9.17) is 9.47 Å². The maximum atomic E-state index is 11.1. The van der Waals surface area contributed by atoms with Crippen LogP contribution in [0.1, 0.15) is 25.0 Å². The fourth-order valence-corrected chi connectivity index (χ4v) is 1.53. The fourth-order valence-electron chi connectivity index (χ4n) is 1.53. The minimum Gasteiger partial charge on any atom is -0.465 e. The third-order valence-electron chi connectivity index (χ3n) is 2.47. The first kappa shape index (κ1) is 17.6. The number of esters is 2. The molecule has 0 bridgehead atoms. The summed E-state index contributed by atoms with van der Waals surface area (Å²) in [7, 11) is 0. The monoisotopic (exact) mass is 304 g/mol. The van der Waals surface area contributed by atoms with E-state index in [1.54, 1.807) is 26.3 Å². The minimum atomic E-state index is -0.346. The molecule has 0 unspecified atom stereocenters. The molecule has 1 aromatic rings. The average Bonchev–Trinajstić information content (AvgIpc) is 2.49. The lowest BCUT2D eigenvalue weighted by atomic mass is 10.1. The van der Waals surface area contributed by atoms with Crippen LogP contribution in [0.5, 0.6) is 0 Å². The second-order valence-corrected chi connectivity index (χ2v) is 4.22. The molecule has 0 aliphatic rings. The van der Waals surface area contributed by atoms with Gasteiger partial charge in [-0.25, -0.2) is 0 Å². The van der Waals surface area contributed by atoms with Gasteiger partial charge in [0.05, 0.1) is 13.2 Å². The van der Waals surface area contributed by atoms with Crippen molar-refractivity contribution in [3.63, 3.8) is 0 Å². The Balaban J connectivity index is 2.45. The summed E-state index contributed by atoms with van der Waals surface area (Å²) < 4.78 is 9.54. The highest BCUT2D eigenvalue weighted by Crippen LogP contribution is 2.00. The summed E-state index contributed by atoms with van der Waals surface area (Å²) in [6.07, 6.45) is 3.22. The summed E-state index contributed by atoms with van der Waals surface area (Å²) >= 11 is 0. The summed E-state index contributed by atoms with van der Waals surface area (Å²) in [6.45, 7) is 4.24. The Morgan fingerprint density at radius 1 is 0.864 bits per heavy atom. The molecule has 0 aromatic heterocycles. The molecule has 6 nitrogen and oxygen atoms in total. The van der Waals surface area contributed by atoms with E-state index in [9.17, 15) is 9.59 Å². The summed E-state index contributed by atoms with van der Waals surface area (Å²) in [5, 5.41) is 0. The molecule has 0 radical (unpaired) electrons. The Bertz CT molecular complexity index is 487. The van der Waals surface area contributed by atoms with Crippen LogP contribution in [0, 0.1) is 0 Å². The second-order valence-electron chi connectivity index (χ2n) is 4.22. The Labute approximate surface area is 129 Å². The Hall–Kier alpha value is -2.50. The van der Waals surface area contributed by atoms with Gasteiger partial charge in [0, 0.05) is 12.4 Å². The molecule has 0 heterocycles. The van der Waals surface area contributed by atoms with E-state index in [0.29, 0.717) is 13.2 Å². The van der Waals surface area contributed by atoms with E-state index in [0.717, 1.165) is 11.1 Å². The lowest BCUT2D eigenvalue weighted by Crippen LogP contribution is -2.07. The van der Waals surface area contributed by atoms with Crippen molar-refractivity contribution in [2.45, 2.75) is 13.8 Å². The molecule has 1 aromatic carbocycles. The molecule has 0 fully saturated rings. The van der Waals surface area contributed by atoms with Crippen LogP contribution >= 0.6 is 0 Å². The molecule has 0 aliphatic carbocycles. The van der Waals surface area contributed by atoms with Crippen molar-refractivity contribution < 1.29 is 19.1 Å². The number of carbonyl (C=O) groups excluding carboxylic acids is 2. The molecule has 0 aliphatic heterocycles. The van der Waals surface area contributed by atoms with Crippen molar-refractivity contribution in [1.82, 2.24) is 0 Å². The lowest BCUT2D eigenvalue weighted by Gasteiger charge is -1.98. The Morgan fingerprint density at radius 3 is 1.55 bits per heavy atom. The first-order valence-electron chi connectivity index (χ1n) is 7.06. The van der Waals surface area contributed by atoms with Crippen LogP contribution < -0.4 is 0 Å². The van der Waals surface area contributed by atoms with E-state index in [-0.39, 0.29) is 25.0 Å². The molecular formula is C16H20N2O4. The molecule has 0 amide bonds. The summed E-state index contributed by atoms with van der Waals surface area (Å²) in [6, 6.07) is 7.39. The first-order valence-corrected chi connectivity index (χ1v) is 7.06. The van der Waals surface area contributed by atoms with E-state index < -0.39 is 0 Å². The van der Waals surface area contributed by atoms with Crippen molar-refractivity contribution >= 4 is 24.4 Å². The molecule has 1 rings (SSSR count). The highest BCUT2D eigenvalue weighted by molar-refractivity contribution is 5.86. The van der Waals surface area contributed by atoms with Crippen molar-refractivity contribution in [1.29, 1.82) is 0 Å². The van der Waals surface area contributed by atoms with Crippen LogP contribution in [0.4, 0.5) is 0 Å². The number of benzene rings is 1. The molecule has 0 saturated carbocycles. The van der Waals surface area contributed by atoms with Crippen molar-refractivity contribution in [3.8, 4) is 0 Å². The molecule has 0 saturated heterocycles. The number of rotatable bonds is 8. The molecule has 0 N–H and O–H groups in total. The SMILES string of the molecule is CCOC(=O)C/N=C/c1ccc(/C=N/CC(=O)OCC)cc1. The normalized spacial score (nSPS) is 11.0. The predicted molar refractivity (Wildman–Crippen MR) is 84.6 cm³/mol. The predicted octanol–water partition coefficient (Wildman–Crippen LogP) is 1.65. The van der Waals surface area contributed by atoms with Gasteiger partial charge >= 0.3 is 11.9 Å². The van der Waals surface area contributed by atoms with Crippen LogP contribution in [-0.2, 0) is 19.1 Å². The highest BCUT2D eigenvalue weighted by Gasteiger charge is 1.98. The van der Waals surface area contributed by atoms with Crippen molar-refractivity contribution in [2.75, 3.05) is 26.3 Å². The molecular weight excluding hydrogens is 284 g/mol. The van der Waals surface area contributed by atoms with Gasteiger partial charge in [-0.3, -0.25) is 19.6 Å². The van der Waals surface area contributed by atoms with Crippen LogP contribution in [0.25, 0.3) is 0 Å². The van der Waals surface area contributed by atoms with E-state index >= 15 is 0 Å². The van der Waals surface area contributed by atoms with Gasteiger partial charge in [0.25, 0.3) is 0 Å². The quantitative estimate of drug-likeness (QED) is 0.540. The van der Waals surface area contributed by atoms with Gasteiger partial charge in [-0.05, 0) is 25.0 Å². The maximum absolute atomic E-state index is 11.1. The third-order valence-corrected chi connectivity index (χ3v) is 2.47. The zero-order chi connectivity index (χ0) is 16.2. The molecule has 22 heavy (non-hydrogen) atoms. The van der Waals surface area contributed by atoms with E-state index in [1.165, 1.54) is 0 Å². The molecule has 0 atom stereocenters. The zero-order valence-corrected chi connectivity index (χ0v) is 12.8. The first-order chi connectivity index (χ1) is 10.7. The standard InChI is InChI=1S/C16H20N2O4/c1-3-21-15(19)11-17-9-13-5-7-14(8-6-13)10-18-12-16(20)22-4-2/h5-10H,3-4,11-12H2,1-2H3/b17-9+,18-10+. The number of ether oxygens (including phenoxy) is 2. The van der Waals surface area contributed by atoms with E-state index in [2.05, 4.69) is 9.98 Å². The minimum absolute atomic E-state index is 0.0105. The van der Waals surface area contributed by atoms with Gasteiger partial charge in [-0.15, -0.1) is 0 Å². The molecule has 6 heteroatoms. The van der Waals surface area contributed by atoms with Gasteiger partial charge in [0.15, 0.2) is 0 Å². The largest absolute Gasteiger partial charge is 0.465 e. The zero-order valence-electron chi connectivity index (χ0n) is 12.8. The van der Waals surface area contributed by atoms with Crippen molar-refractivity contribution in [3.05, 3.63) is 35.4 Å². The van der Waals surface area contributed by atoms with Crippen LogP contribution in [0.2, 0.25) is 0 Å². The van der Waals surface area contributed by atoms with Gasteiger partial charge in [-0.2, -0.15) is 0 Å². The van der Waals surface area contributed by atoms with Gasteiger partial charge in [-0.1, -0.05) is 24.3 Å². The Kier molecular flexibility index (Phi) is 8.18. The smallest absolute Gasteiger partial charge is 0.327 e. The fraction of sp³-hybridized carbons (Fsp3) is 0.375. The van der Waals surface area contributed by atoms with Crippen LogP contribution in [0.15, 0.2) is 34.3 Å².